The maximum Gasteiger partial charge on any atom is 0.394 e. The van der Waals surface area contributed by atoms with E-state index in [4.69, 9.17) is 9.84 Å². The van der Waals surface area contributed by atoms with Crippen LogP contribution in [0.25, 0.3) is 0 Å². The van der Waals surface area contributed by atoms with Crippen LogP contribution in [0.4, 0.5) is 10.1 Å². The molecule has 3 N–H and O–H groups in total. The molecule has 0 saturated carbocycles. The molecule has 0 bridgehead atoms. The molecule has 0 aliphatic heterocycles. The first kappa shape index (κ1) is 22.8. The van der Waals surface area contributed by atoms with Crippen LogP contribution in [0.2, 0.25) is 0 Å². The van der Waals surface area contributed by atoms with Crippen molar-refractivity contribution >= 4 is 27.4 Å². The van der Waals surface area contributed by atoms with Crippen LogP contribution >= 0.6 is 0 Å². The molecule has 32 heavy (non-hydrogen) atoms. The highest BCUT2D eigenvalue weighted by molar-refractivity contribution is 7.91. The Hall–Kier alpha value is -3.92. The number of anilines is 1. The fourth-order valence-electron chi connectivity index (χ4n) is 3.00. The van der Waals surface area contributed by atoms with Gasteiger partial charge in [-0.2, -0.15) is 0 Å². The SMILES string of the molecule is Cc1cc(NC(=O)C(=O)O)cc(C)c1Oc1ccc(O)c(S(=O)(=O)c2ccc(F)cc2)c1. The standard InChI is InChI=1S/C22H18FNO7S/c1-12-9-15(24-21(26)22(27)28)10-13(2)20(12)31-16-5-8-18(25)19(11-16)32(29,30)17-6-3-14(23)4-7-17/h3-11,25H,1-2H3,(H,24,26)(H,27,28). The minimum absolute atomic E-state index is 0.108. The van der Waals surface area contributed by atoms with Gasteiger partial charge in [0.15, 0.2) is 0 Å². The molecule has 3 rings (SSSR count). The Labute approximate surface area is 182 Å². The van der Waals surface area contributed by atoms with Crippen molar-refractivity contribution in [2.45, 2.75) is 23.6 Å². The molecule has 0 heterocycles. The van der Waals surface area contributed by atoms with Crippen LogP contribution in [0.1, 0.15) is 11.1 Å². The van der Waals surface area contributed by atoms with Crippen LogP contribution in [-0.4, -0.2) is 30.5 Å². The highest BCUT2D eigenvalue weighted by atomic mass is 32.2. The lowest BCUT2D eigenvalue weighted by Gasteiger charge is -2.15. The largest absolute Gasteiger partial charge is 0.507 e. The van der Waals surface area contributed by atoms with E-state index in [-0.39, 0.29) is 16.3 Å². The number of carbonyl (C=O) groups excluding carboxylic acids is 1. The molecule has 0 saturated heterocycles. The molecule has 0 aromatic heterocycles. The van der Waals surface area contributed by atoms with Crippen LogP contribution in [0, 0.1) is 19.7 Å². The Morgan fingerprint density at radius 1 is 0.969 bits per heavy atom. The molecule has 8 nitrogen and oxygen atoms in total. The number of carboxylic acids is 1. The lowest BCUT2D eigenvalue weighted by atomic mass is 10.1. The Bertz CT molecular complexity index is 1300. The van der Waals surface area contributed by atoms with E-state index in [2.05, 4.69) is 5.32 Å². The molecule has 3 aromatic rings. The van der Waals surface area contributed by atoms with Crippen molar-refractivity contribution in [2.75, 3.05) is 5.32 Å². The average Bonchev–Trinajstić information content (AvgIpc) is 2.72. The second-order valence-electron chi connectivity index (χ2n) is 6.89. The Morgan fingerprint density at radius 2 is 1.56 bits per heavy atom. The fraction of sp³-hybridized carbons (Fsp3) is 0.0909. The van der Waals surface area contributed by atoms with Crippen LogP contribution in [0.15, 0.2) is 64.4 Å². The van der Waals surface area contributed by atoms with E-state index in [1.807, 2.05) is 0 Å². The van der Waals surface area contributed by atoms with Gasteiger partial charge in [-0.1, -0.05) is 0 Å². The zero-order valence-electron chi connectivity index (χ0n) is 16.9. The third kappa shape index (κ3) is 4.70. The second kappa shape index (κ2) is 8.67. The highest BCUT2D eigenvalue weighted by Gasteiger charge is 2.23. The number of amides is 1. The molecular formula is C22H18FNO7S. The maximum atomic E-state index is 13.2. The second-order valence-corrected chi connectivity index (χ2v) is 8.81. The Kier molecular flexibility index (Phi) is 6.17. The molecule has 0 atom stereocenters. The predicted octanol–water partition coefficient (Wildman–Crippen LogP) is 3.80. The number of carboxylic acid groups (broad SMARTS) is 1. The molecule has 166 valence electrons. The van der Waals surface area contributed by atoms with Gasteiger partial charge in [-0.25, -0.2) is 17.6 Å². The minimum Gasteiger partial charge on any atom is -0.507 e. The van der Waals surface area contributed by atoms with Gasteiger partial charge in [-0.15, -0.1) is 0 Å². The van der Waals surface area contributed by atoms with Gasteiger partial charge < -0.3 is 20.3 Å². The number of carbonyl (C=O) groups is 2. The quantitative estimate of drug-likeness (QED) is 0.391. The van der Waals surface area contributed by atoms with Crippen molar-refractivity contribution in [3.8, 4) is 17.2 Å². The van der Waals surface area contributed by atoms with E-state index in [1.54, 1.807) is 13.8 Å². The average molecular weight is 459 g/mol. The number of nitrogens with one attached hydrogen (secondary N) is 1. The molecule has 0 aliphatic carbocycles. The van der Waals surface area contributed by atoms with Gasteiger partial charge in [0.1, 0.15) is 28.0 Å². The van der Waals surface area contributed by atoms with Crippen molar-refractivity contribution < 1.29 is 37.3 Å². The summed E-state index contributed by atoms with van der Waals surface area (Å²) in [5, 5.41) is 21.1. The summed E-state index contributed by atoms with van der Waals surface area (Å²) >= 11 is 0. The Morgan fingerprint density at radius 3 is 2.12 bits per heavy atom. The molecule has 0 unspecified atom stereocenters. The molecule has 0 fully saturated rings. The number of phenols is 1. The topological polar surface area (TPSA) is 130 Å². The molecule has 0 radical (unpaired) electrons. The molecular weight excluding hydrogens is 441 g/mol. The van der Waals surface area contributed by atoms with Gasteiger partial charge in [0.25, 0.3) is 0 Å². The minimum atomic E-state index is -4.15. The zero-order valence-corrected chi connectivity index (χ0v) is 17.7. The van der Waals surface area contributed by atoms with E-state index in [9.17, 15) is 27.5 Å². The number of ether oxygens (including phenoxy) is 1. The number of aryl methyl sites for hydroxylation is 2. The third-order valence-electron chi connectivity index (χ3n) is 4.48. The number of hydrogen-bond acceptors (Lipinski definition) is 6. The van der Waals surface area contributed by atoms with Crippen LogP contribution in [-0.2, 0) is 19.4 Å². The number of aromatic hydroxyl groups is 1. The monoisotopic (exact) mass is 459 g/mol. The van der Waals surface area contributed by atoms with Crippen molar-refractivity contribution in [3.63, 3.8) is 0 Å². The fourth-order valence-corrected chi connectivity index (χ4v) is 4.36. The summed E-state index contributed by atoms with van der Waals surface area (Å²) in [5.41, 5.74) is 1.34. The van der Waals surface area contributed by atoms with Crippen molar-refractivity contribution in [3.05, 3.63) is 71.5 Å². The Balaban J connectivity index is 1.95. The summed E-state index contributed by atoms with van der Waals surface area (Å²) in [7, 11) is -4.15. The number of benzene rings is 3. The number of hydrogen-bond donors (Lipinski definition) is 3. The molecule has 3 aromatic carbocycles. The lowest BCUT2D eigenvalue weighted by molar-refractivity contribution is -0.147. The van der Waals surface area contributed by atoms with E-state index >= 15 is 0 Å². The summed E-state index contributed by atoms with van der Waals surface area (Å²) in [6, 6.07) is 10.9. The van der Waals surface area contributed by atoms with E-state index in [0.29, 0.717) is 16.9 Å². The zero-order chi connectivity index (χ0) is 23.6. The summed E-state index contributed by atoms with van der Waals surface area (Å²) < 4.78 is 44.7. The van der Waals surface area contributed by atoms with Gasteiger partial charge in [0.05, 0.1) is 4.90 Å². The number of rotatable bonds is 5. The third-order valence-corrected chi connectivity index (χ3v) is 6.28. The maximum absolute atomic E-state index is 13.2. The van der Waals surface area contributed by atoms with Gasteiger partial charge in [0, 0.05) is 11.8 Å². The van der Waals surface area contributed by atoms with Crippen LogP contribution in [0.5, 0.6) is 17.2 Å². The van der Waals surface area contributed by atoms with Gasteiger partial charge in [-0.3, -0.25) is 4.79 Å². The van der Waals surface area contributed by atoms with Gasteiger partial charge in [-0.05, 0) is 73.5 Å². The van der Waals surface area contributed by atoms with Crippen LogP contribution in [0.3, 0.4) is 0 Å². The first-order chi connectivity index (χ1) is 15.0. The van der Waals surface area contributed by atoms with Crippen LogP contribution < -0.4 is 10.1 Å². The molecule has 0 spiro atoms. The summed E-state index contributed by atoms with van der Waals surface area (Å²) in [5.74, 6) is -3.45. The predicted molar refractivity (Wildman–Crippen MR) is 112 cm³/mol. The van der Waals surface area contributed by atoms with Crippen molar-refractivity contribution in [1.82, 2.24) is 0 Å². The van der Waals surface area contributed by atoms with Crippen molar-refractivity contribution in [1.29, 1.82) is 0 Å². The number of sulfone groups is 1. The van der Waals surface area contributed by atoms with Gasteiger partial charge >= 0.3 is 11.9 Å². The van der Waals surface area contributed by atoms with E-state index in [1.165, 1.54) is 18.2 Å². The summed E-state index contributed by atoms with van der Waals surface area (Å²) in [4.78, 5) is 21.5. The first-order valence-corrected chi connectivity index (χ1v) is 10.6. The summed E-state index contributed by atoms with van der Waals surface area (Å²) in [6.07, 6.45) is 0. The molecule has 0 aliphatic rings. The molecule has 10 heteroatoms. The smallest absolute Gasteiger partial charge is 0.394 e. The first-order valence-electron chi connectivity index (χ1n) is 9.16. The highest BCUT2D eigenvalue weighted by Crippen LogP contribution is 2.36. The number of halogens is 1. The van der Waals surface area contributed by atoms with Crippen molar-refractivity contribution in [2.24, 2.45) is 0 Å². The number of aliphatic carboxylic acids is 1. The lowest BCUT2D eigenvalue weighted by Crippen LogP contribution is -2.21. The normalized spacial score (nSPS) is 11.1. The van der Waals surface area contributed by atoms with E-state index < -0.39 is 38.2 Å². The molecule has 1 amide bonds. The summed E-state index contributed by atoms with van der Waals surface area (Å²) in [6.45, 7) is 3.32. The van der Waals surface area contributed by atoms with E-state index in [0.717, 1.165) is 36.4 Å². The number of phenolic OH excluding ortho intramolecular Hbond substituents is 1. The van der Waals surface area contributed by atoms with Gasteiger partial charge in [0.2, 0.25) is 9.84 Å².